The van der Waals surface area contributed by atoms with Crippen LogP contribution in [0.3, 0.4) is 0 Å². The summed E-state index contributed by atoms with van der Waals surface area (Å²) < 4.78 is 27.8. The summed E-state index contributed by atoms with van der Waals surface area (Å²) in [6.07, 6.45) is 2.81. The van der Waals surface area contributed by atoms with E-state index in [1.807, 2.05) is 19.9 Å². The van der Waals surface area contributed by atoms with E-state index in [1.165, 1.54) is 18.5 Å². The van der Waals surface area contributed by atoms with Crippen LogP contribution in [0.2, 0.25) is 0 Å². The molecule has 0 unspecified atom stereocenters. The van der Waals surface area contributed by atoms with E-state index in [-0.39, 0.29) is 4.90 Å². The Labute approximate surface area is 126 Å². The molecule has 2 aromatic rings. The first kappa shape index (κ1) is 14.8. The Morgan fingerprint density at radius 2 is 1.95 bits per heavy atom. The number of rotatable bonds is 3. The summed E-state index contributed by atoms with van der Waals surface area (Å²) in [5.41, 5.74) is 8.41. The average Bonchev–Trinajstić information content (AvgIpc) is 2.39. The lowest BCUT2D eigenvalue weighted by atomic mass is 10.1. The van der Waals surface area contributed by atoms with E-state index in [9.17, 15) is 8.42 Å². The zero-order valence-corrected chi connectivity index (χ0v) is 13.4. The van der Waals surface area contributed by atoms with Crippen molar-refractivity contribution in [3.05, 3.63) is 46.2 Å². The van der Waals surface area contributed by atoms with Crippen LogP contribution in [0.1, 0.15) is 11.1 Å². The summed E-state index contributed by atoms with van der Waals surface area (Å²) in [6.45, 7) is 3.72. The molecule has 2 rings (SSSR count). The van der Waals surface area contributed by atoms with Crippen LogP contribution in [0.25, 0.3) is 0 Å². The molecule has 3 N–H and O–H groups in total. The van der Waals surface area contributed by atoms with Gasteiger partial charge in [-0.25, -0.2) is 8.42 Å². The molecular weight excluding hydrogens is 342 g/mol. The minimum absolute atomic E-state index is 0.0761. The molecule has 0 saturated carbocycles. The van der Waals surface area contributed by atoms with Crippen molar-refractivity contribution < 1.29 is 8.42 Å². The predicted octanol–water partition coefficient (Wildman–Crippen LogP) is 2.84. The maximum absolute atomic E-state index is 12.3. The molecule has 5 nitrogen and oxygen atoms in total. The zero-order valence-electron chi connectivity index (χ0n) is 11.0. The first-order chi connectivity index (χ1) is 9.31. The van der Waals surface area contributed by atoms with Crippen molar-refractivity contribution in [2.45, 2.75) is 18.7 Å². The first-order valence-electron chi connectivity index (χ1n) is 5.80. The fourth-order valence-corrected chi connectivity index (χ4v) is 3.36. The number of pyridine rings is 1. The van der Waals surface area contributed by atoms with Crippen molar-refractivity contribution >= 4 is 37.3 Å². The van der Waals surface area contributed by atoms with Gasteiger partial charge in [-0.05, 0) is 53.0 Å². The molecule has 1 aromatic heterocycles. The average molecular weight is 356 g/mol. The molecule has 0 fully saturated rings. The number of nitrogens with zero attached hydrogens (tertiary/aromatic N) is 1. The number of nitrogens with two attached hydrogens (primary N) is 1. The van der Waals surface area contributed by atoms with E-state index in [2.05, 4.69) is 25.6 Å². The third kappa shape index (κ3) is 2.94. The van der Waals surface area contributed by atoms with E-state index in [0.717, 1.165) is 11.1 Å². The van der Waals surface area contributed by atoms with Gasteiger partial charge < -0.3 is 5.73 Å². The van der Waals surface area contributed by atoms with Crippen molar-refractivity contribution in [3.8, 4) is 0 Å². The molecule has 1 heterocycles. The van der Waals surface area contributed by atoms with Crippen LogP contribution in [-0.4, -0.2) is 13.4 Å². The van der Waals surface area contributed by atoms with Gasteiger partial charge in [0.15, 0.2) is 0 Å². The SMILES string of the molecule is Cc1ccc(N)c(NS(=O)(=O)c2cncc(Br)c2)c1C. The van der Waals surface area contributed by atoms with Crippen LogP contribution < -0.4 is 10.5 Å². The third-order valence-corrected chi connectivity index (χ3v) is 4.74. The van der Waals surface area contributed by atoms with Gasteiger partial charge in [-0.1, -0.05) is 6.07 Å². The number of nitrogens with one attached hydrogen (secondary N) is 1. The molecule has 7 heteroatoms. The Hall–Kier alpha value is -1.60. The van der Waals surface area contributed by atoms with Crippen LogP contribution in [0.5, 0.6) is 0 Å². The fraction of sp³-hybridized carbons (Fsp3) is 0.154. The second-order valence-corrected chi connectivity index (χ2v) is 7.01. The zero-order chi connectivity index (χ0) is 14.9. The highest BCUT2D eigenvalue weighted by Crippen LogP contribution is 2.28. The Balaban J connectivity index is 2.47. The standard InChI is InChI=1S/C13H14BrN3O2S/c1-8-3-4-12(15)13(9(8)2)17-20(18,19)11-5-10(14)6-16-7-11/h3-7,17H,15H2,1-2H3. The fourth-order valence-electron chi connectivity index (χ4n) is 1.70. The lowest BCUT2D eigenvalue weighted by molar-refractivity contribution is 0.600. The van der Waals surface area contributed by atoms with Crippen LogP contribution in [0, 0.1) is 13.8 Å². The van der Waals surface area contributed by atoms with Crippen molar-refractivity contribution in [2.24, 2.45) is 0 Å². The van der Waals surface area contributed by atoms with E-state index < -0.39 is 10.0 Å². The maximum Gasteiger partial charge on any atom is 0.263 e. The molecule has 0 spiro atoms. The molecule has 0 bridgehead atoms. The Bertz CT molecular complexity index is 760. The second kappa shape index (κ2) is 5.41. The Morgan fingerprint density at radius 1 is 1.25 bits per heavy atom. The first-order valence-corrected chi connectivity index (χ1v) is 8.08. The minimum atomic E-state index is -3.72. The highest BCUT2D eigenvalue weighted by molar-refractivity contribution is 9.10. The number of aromatic nitrogens is 1. The lowest BCUT2D eigenvalue weighted by Gasteiger charge is -2.14. The molecule has 0 saturated heterocycles. The molecule has 0 aliphatic carbocycles. The molecule has 106 valence electrons. The largest absolute Gasteiger partial charge is 0.397 e. The number of benzene rings is 1. The molecule has 0 amide bonds. The number of aryl methyl sites for hydroxylation is 1. The summed E-state index contributed by atoms with van der Waals surface area (Å²) in [6, 6.07) is 5.01. The normalized spacial score (nSPS) is 11.3. The van der Waals surface area contributed by atoms with Gasteiger partial charge in [0.05, 0.1) is 11.4 Å². The van der Waals surface area contributed by atoms with E-state index >= 15 is 0 Å². The smallest absolute Gasteiger partial charge is 0.263 e. The molecule has 0 radical (unpaired) electrons. The van der Waals surface area contributed by atoms with E-state index in [4.69, 9.17) is 5.73 Å². The Morgan fingerprint density at radius 3 is 2.60 bits per heavy atom. The number of hydrogen-bond acceptors (Lipinski definition) is 4. The van der Waals surface area contributed by atoms with Gasteiger partial charge in [0.25, 0.3) is 10.0 Å². The van der Waals surface area contributed by atoms with Gasteiger partial charge in [-0.2, -0.15) is 0 Å². The summed E-state index contributed by atoms with van der Waals surface area (Å²) in [5.74, 6) is 0. The van der Waals surface area contributed by atoms with Crippen LogP contribution in [0.15, 0.2) is 40.0 Å². The van der Waals surface area contributed by atoms with E-state index in [1.54, 1.807) is 6.07 Å². The predicted molar refractivity (Wildman–Crippen MR) is 83.1 cm³/mol. The van der Waals surface area contributed by atoms with Crippen LogP contribution >= 0.6 is 15.9 Å². The topological polar surface area (TPSA) is 85.1 Å². The molecule has 0 aliphatic heterocycles. The third-order valence-electron chi connectivity index (χ3n) is 2.99. The summed E-state index contributed by atoms with van der Waals surface area (Å²) in [4.78, 5) is 3.93. The monoisotopic (exact) mass is 355 g/mol. The molecule has 0 atom stereocenters. The van der Waals surface area contributed by atoms with Gasteiger partial charge >= 0.3 is 0 Å². The minimum Gasteiger partial charge on any atom is -0.397 e. The van der Waals surface area contributed by atoms with E-state index in [0.29, 0.717) is 15.8 Å². The molecule has 1 aromatic carbocycles. The quantitative estimate of drug-likeness (QED) is 0.829. The number of nitrogen functional groups attached to an aromatic ring is 1. The molecule has 0 aliphatic rings. The van der Waals surface area contributed by atoms with Crippen molar-refractivity contribution in [2.75, 3.05) is 10.5 Å². The summed E-state index contributed by atoms with van der Waals surface area (Å²) in [5, 5.41) is 0. The van der Waals surface area contributed by atoms with Crippen molar-refractivity contribution in [1.82, 2.24) is 4.98 Å². The van der Waals surface area contributed by atoms with Crippen LogP contribution in [0.4, 0.5) is 11.4 Å². The van der Waals surface area contributed by atoms with Crippen molar-refractivity contribution in [3.63, 3.8) is 0 Å². The number of anilines is 2. The summed E-state index contributed by atoms with van der Waals surface area (Å²) >= 11 is 3.20. The van der Waals surface area contributed by atoms with Gasteiger partial charge in [0, 0.05) is 16.9 Å². The molecule has 20 heavy (non-hydrogen) atoms. The highest BCUT2D eigenvalue weighted by atomic mass is 79.9. The lowest BCUT2D eigenvalue weighted by Crippen LogP contribution is -2.15. The number of halogens is 1. The van der Waals surface area contributed by atoms with Crippen molar-refractivity contribution in [1.29, 1.82) is 0 Å². The van der Waals surface area contributed by atoms with Gasteiger partial charge in [-0.15, -0.1) is 0 Å². The summed E-state index contributed by atoms with van der Waals surface area (Å²) in [7, 11) is -3.72. The van der Waals surface area contributed by atoms with Gasteiger partial charge in [-0.3, -0.25) is 9.71 Å². The second-order valence-electron chi connectivity index (χ2n) is 4.42. The Kier molecular flexibility index (Phi) is 4.01. The maximum atomic E-state index is 12.3. The highest BCUT2D eigenvalue weighted by Gasteiger charge is 2.18. The number of hydrogen-bond donors (Lipinski definition) is 2. The molecular formula is C13H14BrN3O2S. The van der Waals surface area contributed by atoms with Crippen LogP contribution in [-0.2, 0) is 10.0 Å². The number of sulfonamides is 1. The van der Waals surface area contributed by atoms with Gasteiger partial charge in [0.1, 0.15) is 4.90 Å². The van der Waals surface area contributed by atoms with Gasteiger partial charge in [0.2, 0.25) is 0 Å².